The van der Waals surface area contributed by atoms with Gasteiger partial charge in [0.05, 0.1) is 0 Å². The lowest BCUT2D eigenvalue weighted by atomic mass is 9.91. The van der Waals surface area contributed by atoms with Gasteiger partial charge in [0.25, 0.3) is 0 Å². The molecule has 0 spiro atoms. The second-order valence-corrected chi connectivity index (χ2v) is 6.20. The number of carbonyl (C=O) groups is 1. The Hall–Kier alpha value is -1.55. The highest BCUT2D eigenvalue weighted by molar-refractivity contribution is 5.76. The molecule has 2 rings (SSSR count). The molecule has 1 aliphatic rings. The van der Waals surface area contributed by atoms with Gasteiger partial charge in [-0.25, -0.2) is 0 Å². The molecule has 4 nitrogen and oxygen atoms in total. The van der Waals surface area contributed by atoms with Crippen molar-refractivity contribution in [2.45, 2.75) is 33.6 Å². The zero-order valence-electron chi connectivity index (χ0n) is 13.3. The third-order valence-electron chi connectivity index (χ3n) is 4.23. The lowest BCUT2D eigenvalue weighted by Crippen LogP contribution is -2.46. The van der Waals surface area contributed by atoms with Crippen LogP contribution in [-0.4, -0.2) is 42.1 Å². The van der Waals surface area contributed by atoms with Crippen molar-refractivity contribution >= 4 is 5.91 Å². The van der Waals surface area contributed by atoms with E-state index in [0.717, 1.165) is 43.7 Å². The van der Waals surface area contributed by atoms with Crippen LogP contribution in [0.4, 0.5) is 0 Å². The molecular weight excluding hydrogens is 264 g/mol. The summed E-state index contributed by atoms with van der Waals surface area (Å²) in [7, 11) is 0. The van der Waals surface area contributed by atoms with Crippen molar-refractivity contribution in [1.29, 1.82) is 0 Å². The average Bonchev–Trinajstić information content (AvgIpc) is 2.43. The SMILES string of the molecule is Cc1cc(O)cc(C)c1CC(C)CC(=O)N1CCNCC1. The lowest BCUT2D eigenvalue weighted by Gasteiger charge is -2.28. The number of rotatable bonds is 4. The maximum Gasteiger partial charge on any atom is 0.222 e. The van der Waals surface area contributed by atoms with Crippen molar-refractivity contribution in [3.63, 3.8) is 0 Å². The first kappa shape index (κ1) is 15.8. The summed E-state index contributed by atoms with van der Waals surface area (Å²) < 4.78 is 0. The van der Waals surface area contributed by atoms with E-state index < -0.39 is 0 Å². The number of carbonyl (C=O) groups excluding carboxylic acids is 1. The summed E-state index contributed by atoms with van der Waals surface area (Å²) in [6.45, 7) is 9.61. The van der Waals surface area contributed by atoms with Crippen LogP contribution in [0.2, 0.25) is 0 Å². The summed E-state index contributed by atoms with van der Waals surface area (Å²) in [5.74, 6) is 0.894. The molecule has 2 N–H and O–H groups in total. The topological polar surface area (TPSA) is 52.6 Å². The van der Waals surface area contributed by atoms with Gasteiger partial charge in [-0.15, -0.1) is 0 Å². The van der Waals surface area contributed by atoms with E-state index in [2.05, 4.69) is 12.2 Å². The molecule has 116 valence electrons. The predicted octanol–water partition coefficient (Wildman–Crippen LogP) is 2.01. The Labute approximate surface area is 127 Å². The van der Waals surface area contributed by atoms with Gasteiger partial charge in [0.1, 0.15) is 5.75 Å². The highest BCUT2D eigenvalue weighted by Gasteiger charge is 2.19. The Bertz CT molecular complexity index is 485. The van der Waals surface area contributed by atoms with E-state index in [1.165, 1.54) is 5.56 Å². The second kappa shape index (κ2) is 6.94. The number of aryl methyl sites for hydroxylation is 2. The first-order valence-corrected chi connectivity index (χ1v) is 7.75. The Morgan fingerprint density at radius 3 is 2.43 bits per heavy atom. The number of hydrogen-bond donors (Lipinski definition) is 2. The van der Waals surface area contributed by atoms with Gasteiger partial charge in [-0.3, -0.25) is 4.79 Å². The molecule has 0 aliphatic carbocycles. The highest BCUT2D eigenvalue weighted by Crippen LogP contribution is 2.24. The van der Waals surface area contributed by atoms with Crippen molar-refractivity contribution in [1.82, 2.24) is 10.2 Å². The van der Waals surface area contributed by atoms with Crippen LogP contribution in [0.5, 0.6) is 5.75 Å². The molecule has 1 aromatic rings. The van der Waals surface area contributed by atoms with Gasteiger partial charge in [-0.05, 0) is 55.0 Å². The smallest absolute Gasteiger partial charge is 0.222 e. The van der Waals surface area contributed by atoms with Crippen molar-refractivity contribution in [2.75, 3.05) is 26.2 Å². The Kier molecular flexibility index (Phi) is 5.23. The molecule has 4 heteroatoms. The third-order valence-corrected chi connectivity index (χ3v) is 4.23. The maximum absolute atomic E-state index is 12.3. The normalized spacial score (nSPS) is 16.8. The molecule has 1 aliphatic heterocycles. The summed E-state index contributed by atoms with van der Waals surface area (Å²) in [6, 6.07) is 3.60. The number of phenolic OH excluding ortho intramolecular Hbond substituents is 1. The van der Waals surface area contributed by atoms with Crippen LogP contribution in [0.1, 0.15) is 30.0 Å². The van der Waals surface area contributed by atoms with Crippen LogP contribution < -0.4 is 5.32 Å². The van der Waals surface area contributed by atoms with Crippen molar-refractivity contribution in [3.8, 4) is 5.75 Å². The van der Waals surface area contributed by atoms with Crippen molar-refractivity contribution < 1.29 is 9.90 Å². The zero-order valence-corrected chi connectivity index (χ0v) is 13.3. The summed E-state index contributed by atoms with van der Waals surface area (Å²) in [6.07, 6.45) is 1.48. The van der Waals surface area contributed by atoms with Crippen LogP contribution in [0.15, 0.2) is 12.1 Å². The van der Waals surface area contributed by atoms with Crippen LogP contribution in [-0.2, 0) is 11.2 Å². The lowest BCUT2D eigenvalue weighted by molar-refractivity contribution is -0.132. The largest absolute Gasteiger partial charge is 0.508 e. The average molecular weight is 290 g/mol. The van der Waals surface area contributed by atoms with Crippen molar-refractivity contribution in [2.24, 2.45) is 5.92 Å². The van der Waals surface area contributed by atoms with Gasteiger partial charge in [-0.1, -0.05) is 6.92 Å². The molecular formula is C17H26N2O2. The van der Waals surface area contributed by atoms with E-state index in [1.807, 2.05) is 18.7 Å². The van der Waals surface area contributed by atoms with E-state index in [9.17, 15) is 9.90 Å². The summed E-state index contributed by atoms with van der Waals surface area (Å²) in [5, 5.41) is 12.9. The number of amides is 1. The maximum atomic E-state index is 12.3. The van der Waals surface area contributed by atoms with Crippen LogP contribution in [0.25, 0.3) is 0 Å². The van der Waals surface area contributed by atoms with E-state index in [1.54, 1.807) is 12.1 Å². The van der Waals surface area contributed by atoms with Gasteiger partial charge >= 0.3 is 0 Å². The molecule has 1 saturated heterocycles. The number of benzene rings is 1. The number of aromatic hydroxyl groups is 1. The molecule has 0 aromatic heterocycles. The molecule has 1 heterocycles. The number of piperazine rings is 1. The van der Waals surface area contributed by atoms with Gasteiger partial charge in [0.15, 0.2) is 0 Å². The van der Waals surface area contributed by atoms with Gasteiger partial charge in [0.2, 0.25) is 5.91 Å². The molecule has 21 heavy (non-hydrogen) atoms. The number of hydrogen-bond acceptors (Lipinski definition) is 3. The molecule has 0 saturated carbocycles. The predicted molar refractivity (Wildman–Crippen MR) is 84.5 cm³/mol. The molecule has 1 atom stereocenters. The minimum absolute atomic E-state index is 0.262. The first-order valence-electron chi connectivity index (χ1n) is 7.75. The van der Waals surface area contributed by atoms with Gasteiger partial charge in [0, 0.05) is 32.6 Å². The molecule has 1 unspecified atom stereocenters. The summed E-state index contributed by atoms with van der Waals surface area (Å²) in [4.78, 5) is 14.2. The summed E-state index contributed by atoms with van der Waals surface area (Å²) in [5.41, 5.74) is 3.47. The number of nitrogens with zero attached hydrogens (tertiary/aromatic N) is 1. The fourth-order valence-corrected chi connectivity index (χ4v) is 3.05. The second-order valence-electron chi connectivity index (χ2n) is 6.20. The monoisotopic (exact) mass is 290 g/mol. The van der Waals surface area contributed by atoms with Crippen LogP contribution in [0.3, 0.4) is 0 Å². The van der Waals surface area contributed by atoms with Crippen molar-refractivity contribution in [3.05, 3.63) is 28.8 Å². The quantitative estimate of drug-likeness (QED) is 0.892. The molecule has 1 fully saturated rings. The van der Waals surface area contributed by atoms with E-state index >= 15 is 0 Å². The Morgan fingerprint density at radius 2 is 1.86 bits per heavy atom. The van der Waals surface area contributed by atoms with Gasteiger partial charge in [-0.2, -0.15) is 0 Å². The van der Waals surface area contributed by atoms with E-state index in [4.69, 9.17) is 0 Å². The fourth-order valence-electron chi connectivity index (χ4n) is 3.05. The first-order chi connectivity index (χ1) is 9.97. The number of nitrogens with one attached hydrogen (secondary N) is 1. The fraction of sp³-hybridized carbons (Fsp3) is 0.588. The molecule has 0 radical (unpaired) electrons. The Morgan fingerprint density at radius 1 is 1.29 bits per heavy atom. The van der Waals surface area contributed by atoms with Crippen LogP contribution >= 0.6 is 0 Å². The Balaban J connectivity index is 1.95. The zero-order chi connectivity index (χ0) is 15.4. The summed E-state index contributed by atoms with van der Waals surface area (Å²) >= 11 is 0. The van der Waals surface area contributed by atoms with E-state index in [0.29, 0.717) is 18.1 Å². The standard InChI is InChI=1S/C17H26N2O2/c1-12(9-17(21)19-6-4-18-5-7-19)8-16-13(2)10-15(20)11-14(16)3/h10-12,18,20H,4-9H2,1-3H3. The highest BCUT2D eigenvalue weighted by atomic mass is 16.3. The molecule has 0 bridgehead atoms. The molecule has 1 aromatic carbocycles. The van der Waals surface area contributed by atoms with E-state index in [-0.39, 0.29) is 5.91 Å². The third kappa shape index (κ3) is 4.21. The minimum Gasteiger partial charge on any atom is -0.508 e. The molecule has 1 amide bonds. The van der Waals surface area contributed by atoms with Gasteiger partial charge < -0.3 is 15.3 Å². The minimum atomic E-state index is 0.262. The number of phenols is 1. The van der Waals surface area contributed by atoms with Crippen LogP contribution in [0, 0.1) is 19.8 Å².